The molecule has 1 N–H and O–H groups in total. The van der Waals surface area contributed by atoms with Crippen LogP contribution in [0.5, 0.6) is 0 Å². The highest BCUT2D eigenvalue weighted by molar-refractivity contribution is 8.00. The zero-order valence-electron chi connectivity index (χ0n) is 12.6. The van der Waals surface area contributed by atoms with Crippen LogP contribution in [0.3, 0.4) is 0 Å². The number of hydrogen-bond donors (Lipinski definition) is 1. The van der Waals surface area contributed by atoms with Crippen molar-refractivity contribution in [2.75, 3.05) is 18.8 Å². The zero-order chi connectivity index (χ0) is 15.1. The van der Waals surface area contributed by atoms with Crippen molar-refractivity contribution in [1.82, 2.24) is 9.62 Å². The predicted molar refractivity (Wildman–Crippen MR) is 86.9 cm³/mol. The molecule has 21 heavy (non-hydrogen) atoms. The van der Waals surface area contributed by atoms with Gasteiger partial charge in [-0.3, -0.25) is 0 Å². The van der Waals surface area contributed by atoms with Crippen LogP contribution < -0.4 is 5.32 Å². The second-order valence-electron chi connectivity index (χ2n) is 6.30. The summed E-state index contributed by atoms with van der Waals surface area (Å²) in [5, 5.41) is 3.25. The van der Waals surface area contributed by atoms with Crippen LogP contribution in [0.25, 0.3) is 0 Å². The minimum atomic E-state index is -3.36. The molecule has 0 radical (unpaired) electrons. The molecule has 0 aliphatic carbocycles. The Labute approximate surface area is 131 Å². The van der Waals surface area contributed by atoms with Crippen molar-refractivity contribution in [2.45, 2.75) is 43.0 Å². The highest BCUT2D eigenvalue weighted by atomic mass is 32.2. The van der Waals surface area contributed by atoms with Crippen molar-refractivity contribution >= 4 is 21.8 Å². The molecule has 1 fully saturated rings. The molecule has 4 nitrogen and oxygen atoms in total. The third-order valence-electron chi connectivity index (χ3n) is 4.24. The van der Waals surface area contributed by atoms with Gasteiger partial charge < -0.3 is 5.32 Å². The van der Waals surface area contributed by atoms with Crippen LogP contribution >= 0.6 is 11.8 Å². The van der Waals surface area contributed by atoms with Gasteiger partial charge in [-0.05, 0) is 29.7 Å². The molecular weight excluding hydrogens is 304 g/mol. The first-order chi connectivity index (χ1) is 9.88. The first kappa shape index (κ1) is 15.3. The smallest absolute Gasteiger partial charge is 0.243 e. The summed E-state index contributed by atoms with van der Waals surface area (Å²) < 4.78 is 27.5. The maximum absolute atomic E-state index is 12.8. The fraction of sp³-hybridized carbons (Fsp3) is 0.600. The standard InChI is InChI=1S/C15H22N2O2S2/c1-15(2)5-6-17(7-8-20-15)21(18,19)14-4-3-12-10-16-11-13(12)9-14/h3-4,9,16H,5-8,10-11H2,1-2H3. The van der Waals surface area contributed by atoms with Crippen molar-refractivity contribution in [2.24, 2.45) is 0 Å². The van der Waals surface area contributed by atoms with Gasteiger partial charge in [0.1, 0.15) is 0 Å². The first-order valence-electron chi connectivity index (χ1n) is 7.35. The molecule has 0 amide bonds. The van der Waals surface area contributed by atoms with E-state index in [4.69, 9.17) is 0 Å². The van der Waals surface area contributed by atoms with E-state index < -0.39 is 10.0 Å². The summed E-state index contributed by atoms with van der Waals surface area (Å²) >= 11 is 1.86. The molecule has 2 aliphatic heterocycles. The van der Waals surface area contributed by atoms with E-state index in [-0.39, 0.29) is 4.75 Å². The molecule has 116 valence electrons. The molecule has 6 heteroatoms. The number of thioether (sulfide) groups is 1. The van der Waals surface area contributed by atoms with Gasteiger partial charge in [-0.1, -0.05) is 19.9 Å². The second-order valence-corrected chi connectivity index (χ2v) is 10.0. The van der Waals surface area contributed by atoms with E-state index >= 15 is 0 Å². The summed E-state index contributed by atoms with van der Waals surface area (Å²) in [5.41, 5.74) is 2.32. The van der Waals surface area contributed by atoms with Gasteiger partial charge in [0.05, 0.1) is 4.90 Å². The molecule has 0 atom stereocenters. The molecule has 0 aromatic heterocycles. The number of benzene rings is 1. The Morgan fingerprint density at radius 3 is 2.76 bits per heavy atom. The van der Waals surface area contributed by atoms with E-state index in [0.29, 0.717) is 18.0 Å². The molecule has 3 rings (SSSR count). The number of nitrogens with one attached hydrogen (secondary N) is 1. The van der Waals surface area contributed by atoms with Crippen LogP contribution in [0.1, 0.15) is 31.4 Å². The van der Waals surface area contributed by atoms with Gasteiger partial charge in [0.2, 0.25) is 10.0 Å². The van der Waals surface area contributed by atoms with Crippen LogP contribution in [0.4, 0.5) is 0 Å². The lowest BCUT2D eigenvalue weighted by Crippen LogP contribution is -2.33. The second kappa shape index (κ2) is 5.57. The zero-order valence-corrected chi connectivity index (χ0v) is 14.2. The Morgan fingerprint density at radius 2 is 1.95 bits per heavy atom. The number of hydrogen-bond acceptors (Lipinski definition) is 4. The molecule has 0 saturated carbocycles. The van der Waals surface area contributed by atoms with E-state index in [2.05, 4.69) is 19.2 Å². The summed E-state index contributed by atoms with van der Waals surface area (Å²) in [4.78, 5) is 0.439. The topological polar surface area (TPSA) is 49.4 Å². The van der Waals surface area contributed by atoms with Crippen LogP contribution in [0.15, 0.2) is 23.1 Å². The Bertz CT molecular complexity index is 641. The molecule has 0 unspecified atom stereocenters. The van der Waals surface area contributed by atoms with Crippen molar-refractivity contribution in [1.29, 1.82) is 0 Å². The summed E-state index contributed by atoms with van der Waals surface area (Å²) in [7, 11) is -3.36. The fourth-order valence-electron chi connectivity index (χ4n) is 2.82. The van der Waals surface area contributed by atoms with Crippen molar-refractivity contribution in [3.63, 3.8) is 0 Å². The van der Waals surface area contributed by atoms with Crippen LogP contribution in [0.2, 0.25) is 0 Å². The molecule has 0 bridgehead atoms. The average Bonchev–Trinajstić information content (AvgIpc) is 2.81. The molecule has 1 aromatic rings. The van der Waals surface area contributed by atoms with Crippen molar-refractivity contribution in [3.8, 4) is 0 Å². The average molecular weight is 326 g/mol. The third kappa shape index (κ3) is 3.13. The Hall–Kier alpha value is -0.560. The van der Waals surface area contributed by atoms with Crippen LogP contribution in [0, 0.1) is 0 Å². The lowest BCUT2D eigenvalue weighted by atomic mass is 10.1. The lowest BCUT2D eigenvalue weighted by molar-refractivity contribution is 0.415. The van der Waals surface area contributed by atoms with Gasteiger partial charge in [-0.25, -0.2) is 8.42 Å². The molecule has 1 aromatic carbocycles. The van der Waals surface area contributed by atoms with Crippen molar-refractivity contribution < 1.29 is 8.42 Å². The normalized spacial score (nSPS) is 22.8. The van der Waals surface area contributed by atoms with Crippen molar-refractivity contribution in [3.05, 3.63) is 29.3 Å². The van der Waals surface area contributed by atoms with Gasteiger partial charge in [0, 0.05) is 36.7 Å². The number of sulfonamides is 1. The maximum Gasteiger partial charge on any atom is 0.243 e. The first-order valence-corrected chi connectivity index (χ1v) is 9.78. The van der Waals surface area contributed by atoms with E-state index in [1.807, 2.05) is 23.9 Å². The quantitative estimate of drug-likeness (QED) is 0.905. The molecular formula is C15H22N2O2S2. The van der Waals surface area contributed by atoms with Gasteiger partial charge in [-0.2, -0.15) is 16.1 Å². The monoisotopic (exact) mass is 326 g/mol. The van der Waals surface area contributed by atoms with E-state index in [9.17, 15) is 8.42 Å². The highest BCUT2D eigenvalue weighted by Crippen LogP contribution is 2.32. The third-order valence-corrected chi connectivity index (χ3v) is 7.51. The predicted octanol–water partition coefficient (Wildman–Crippen LogP) is 2.20. The highest BCUT2D eigenvalue weighted by Gasteiger charge is 2.31. The molecule has 2 aliphatic rings. The Balaban J connectivity index is 1.86. The summed E-state index contributed by atoms with van der Waals surface area (Å²) in [6, 6.07) is 5.54. The minimum Gasteiger partial charge on any atom is -0.309 e. The van der Waals surface area contributed by atoms with Gasteiger partial charge in [-0.15, -0.1) is 0 Å². The van der Waals surface area contributed by atoms with Gasteiger partial charge >= 0.3 is 0 Å². The van der Waals surface area contributed by atoms with Crippen LogP contribution in [-0.4, -0.2) is 36.3 Å². The van der Waals surface area contributed by atoms with E-state index in [0.717, 1.165) is 30.8 Å². The van der Waals surface area contributed by atoms with Gasteiger partial charge in [0.15, 0.2) is 0 Å². The SMILES string of the molecule is CC1(C)CCN(S(=O)(=O)c2ccc3c(c2)CNC3)CCS1. The molecule has 2 heterocycles. The Morgan fingerprint density at radius 1 is 1.19 bits per heavy atom. The maximum atomic E-state index is 12.8. The molecule has 1 saturated heterocycles. The van der Waals surface area contributed by atoms with E-state index in [1.54, 1.807) is 10.4 Å². The lowest BCUT2D eigenvalue weighted by Gasteiger charge is -2.22. The largest absolute Gasteiger partial charge is 0.309 e. The molecule has 0 spiro atoms. The summed E-state index contributed by atoms with van der Waals surface area (Å²) in [6.07, 6.45) is 0.892. The summed E-state index contributed by atoms with van der Waals surface area (Å²) in [6.45, 7) is 7.19. The Kier molecular flexibility index (Phi) is 4.07. The number of rotatable bonds is 2. The van der Waals surface area contributed by atoms with E-state index in [1.165, 1.54) is 5.56 Å². The summed E-state index contributed by atoms with van der Waals surface area (Å²) in [5.74, 6) is 0.860. The number of fused-ring (bicyclic) bond motifs is 1. The minimum absolute atomic E-state index is 0.159. The fourth-order valence-corrected chi connectivity index (χ4v) is 5.53. The van der Waals surface area contributed by atoms with Crippen LogP contribution in [-0.2, 0) is 23.1 Å². The number of nitrogens with zero attached hydrogens (tertiary/aromatic N) is 1. The van der Waals surface area contributed by atoms with Gasteiger partial charge in [0.25, 0.3) is 0 Å².